The minimum atomic E-state index is -0.591. The molecule has 2 aliphatic carbocycles. The highest BCUT2D eigenvalue weighted by Gasteiger charge is 2.27. The van der Waals surface area contributed by atoms with Gasteiger partial charge in [0.05, 0.1) is 45.5 Å². The number of hydrogen-bond donors (Lipinski definition) is 2. The van der Waals surface area contributed by atoms with Crippen molar-refractivity contribution in [1.82, 2.24) is 58.6 Å². The van der Waals surface area contributed by atoms with Crippen molar-refractivity contribution in [3.8, 4) is 34.4 Å². The third-order valence-electron chi connectivity index (χ3n) is 11.0. The van der Waals surface area contributed by atoms with Crippen molar-refractivity contribution >= 4 is 33.5 Å². The average Bonchev–Trinajstić information content (AvgIpc) is 4.00. The number of nitrogen functional groups attached to an aromatic ring is 1. The third kappa shape index (κ3) is 10.8. The topological polar surface area (TPSA) is 178 Å². The molecule has 0 radical (unpaired) electrons. The summed E-state index contributed by atoms with van der Waals surface area (Å²) in [6.07, 6.45) is 15.6. The van der Waals surface area contributed by atoms with E-state index in [0.29, 0.717) is 51.2 Å². The maximum atomic E-state index is 14.8. The Morgan fingerprint density at radius 1 is 0.712 bits per heavy atom. The van der Waals surface area contributed by atoms with Crippen molar-refractivity contribution in [3.05, 3.63) is 143 Å². The van der Waals surface area contributed by atoms with Crippen molar-refractivity contribution in [1.29, 1.82) is 0 Å². The highest BCUT2D eigenvalue weighted by Crippen LogP contribution is 2.40. The van der Waals surface area contributed by atoms with Crippen LogP contribution in [-0.2, 0) is 0 Å². The predicted octanol–water partition coefficient (Wildman–Crippen LogP) is 10.8. The Hall–Kier alpha value is -6.95. The summed E-state index contributed by atoms with van der Waals surface area (Å²) in [5.74, 6) is 1.89. The number of carbonyl (C=O) groups excluding carboxylic acids is 1. The average molecular weight is 960 g/mol. The van der Waals surface area contributed by atoms with Gasteiger partial charge in [-0.15, -0.1) is 20.4 Å². The molecule has 0 spiro atoms. The lowest BCUT2D eigenvalue weighted by molar-refractivity contribution is 0.102. The van der Waals surface area contributed by atoms with Crippen LogP contribution in [0.5, 0.6) is 0 Å². The second-order valence-electron chi connectivity index (χ2n) is 16.8. The molecule has 2 fully saturated rings. The zero-order chi connectivity index (χ0) is 45.9. The molecule has 0 unspecified atom stereocenters. The van der Waals surface area contributed by atoms with E-state index in [-0.39, 0.29) is 24.8 Å². The Kier molecular flexibility index (Phi) is 14.3. The second kappa shape index (κ2) is 20.1. The number of benzene rings is 2. The molecule has 2 saturated carbocycles. The fourth-order valence-electron chi connectivity index (χ4n) is 7.14. The van der Waals surface area contributed by atoms with Gasteiger partial charge in [0.2, 0.25) is 0 Å². The lowest BCUT2D eigenvalue weighted by Crippen LogP contribution is -2.16. The molecule has 66 heavy (non-hydrogen) atoms. The molecule has 6 heterocycles. The van der Waals surface area contributed by atoms with Crippen molar-refractivity contribution in [2.45, 2.75) is 98.6 Å². The van der Waals surface area contributed by atoms with Gasteiger partial charge in [0.15, 0.2) is 11.6 Å². The summed E-state index contributed by atoms with van der Waals surface area (Å²) in [6, 6.07) is 17.4. The number of imidazole rings is 2. The Bertz CT molecular complexity index is 2960. The molecule has 6 aromatic heterocycles. The zero-order valence-corrected chi connectivity index (χ0v) is 38.4. The smallest absolute Gasteiger partial charge is 0.259 e. The molecule has 2 aliphatic rings. The standard InChI is InChI=1S/C24H24FN7O.C13H12BrFN2.C10H13N5.CH4/c1-14(2)32-13-27-30-23(32)19-5-4-6-22(28-19)29-24(33)17-10-21(15(3)9-18(17)25)31-11-20(26-12-31)16-7-8-16;1-8-4-11(15)10(14)5-13(8)17-6-12(16-7-17)9-2-3-9;1-7(2)15-6-12-14-10(15)8-4-3-5-9(11)13-8;/h4-6,9-14,16H,7-8H2,1-3H3,(H,28,29,33);4-7,9H,2-3H2,1H3;3-7H,1-2H3,(H2,11,13);1H4. The van der Waals surface area contributed by atoms with Crippen molar-refractivity contribution in [3.63, 3.8) is 0 Å². The molecule has 3 N–H and O–H groups in total. The van der Waals surface area contributed by atoms with Crippen LogP contribution in [-0.4, -0.2) is 64.5 Å². The molecule has 0 atom stereocenters. The third-order valence-corrected chi connectivity index (χ3v) is 11.6. The quantitative estimate of drug-likeness (QED) is 0.134. The van der Waals surface area contributed by atoms with Crippen LogP contribution in [0.3, 0.4) is 0 Å². The molecule has 10 rings (SSSR count). The lowest BCUT2D eigenvalue weighted by atomic mass is 10.1. The maximum Gasteiger partial charge on any atom is 0.259 e. The van der Waals surface area contributed by atoms with Crippen LogP contribution >= 0.6 is 15.9 Å². The van der Waals surface area contributed by atoms with Gasteiger partial charge in [-0.25, -0.2) is 28.7 Å². The summed E-state index contributed by atoms with van der Waals surface area (Å²) in [5, 5.41) is 18.7. The number of anilines is 2. The van der Waals surface area contributed by atoms with Crippen LogP contribution in [0.1, 0.15) is 118 Å². The number of halogens is 3. The van der Waals surface area contributed by atoms with E-state index < -0.39 is 11.7 Å². The first-order valence-corrected chi connectivity index (χ1v) is 22.2. The molecule has 8 aromatic rings. The first kappa shape index (κ1) is 47.0. The SMILES string of the molecule is C.CC(C)n1cnnc1-c1cccc(N)n1.Cc1cc(F)c(Br)cc1-n1cnc(C2CC2)c1.Cc1cc(F)c(C(=O)Nc2cccc(-c3nncn3C(C)C)n2)cc1-n1cnc(C2CC2)c1. The van der Waals surface area contributed by atoms with Crippen molar-refractivity contribution < 1.29 is 13.6 Å². The van der Waals surface area contributed by atoms with Gasteiger partial charge in [-0.1, -0.05) is 19.6 Å². The van der Waals surface area contributed by atoms with E-state index >= 15 is 0 Å². The number of amides is 1. The van der Waals surface area contributed by atoms with Gasteiger partial charge in [0.1, 0.15) is 47.3 Å². The van der Waals surface area contributed by atoms with Crippen LogP contribution in [0.25, 0.3) is 34.4 Å². The van der Waals surface area contributed by atoms with Gasteiger partial charge in [-0.3, -0.25) is 4.79 Å². The number of nitrogens with one attached hydrogen (secondary N) is 1. The van der Waals surface area contributed by atoms with E-state index in [9.17, 15) is 13.6 Å². The minimum absolute atomic E-state index is 0. The highest BCUT2D eigenvalue weighted by molar-refractivity contribution is 9.10. The van der Waals surface area contributed by atoms with Crippen molar-refractivity contribution in [2.24, 2.45) is 0 Å². The van der Waals surface area contributed by atoms with Crippen LogP contribution < -0.4 is 11.1 Å². The first-order chi connectivity index (χ1) is 31.2. The predicted molar refractivity (Wildman–Crippen MR) is 255 cm³/mol. The number of aromatic nitrogens is 12. The molecule has 2 aromatic carbocycles. The Balaban J connectivity index is 0.000000164. The van der Waals surface area contributed by atoms with Crippen LogP contribution in [0.4, 0.5) is 20.4 Å². The van der Waals surface area contributed by atoms with E-state index in [4.69, 9.17) is 5.73 Å². The summed E-state index contributed by atoms with van der Waals surface area (Å²) in [6.45, 7) is 11.9. The number of rotatable bonds is 10. The Labute approximate surface area is 390 Å². The highest BCUT2D eigenvalue weighted by atomic mass is 79.9. The molecule has 0 aliphatic heterocycles. The van der Waals surface area contributed by atoms with E-state index in [1.54, 1.807) is 61.7 Å². The molecule has 0 bridgehead atoms. The number of nitrogens with two attached hydrogens (primary N) is 1. The fraction of sp³-hybridized carbons (Fsp3) is 0.312. The van der Waals surface area contributed by atoms with Crippen molar-refractivity contribution in [2.75, 3.05) is 11.1 Å². The van der Waals surface area contributed by atoms with E-state index in [0.717, 1.165) is 52.6 Å². The Morgan fingerprint density at radius 2 is 1.21 bits per heavy atom. The lowest BCUT2D eigenvalue weighted by Gasteiger charge is -2.12. The van der Waals surface area contributed by atoms with E-state index in [2.05, 4.69) is 75.4 Å². The number of hydrogen-bond acceptors (Lipinski definition) is 10. The second-order valence-corrected chi connectivity index (χ2v) is 17.6. The number of aryl methyl sites for hydroxylation is 2. The molecule has 18 heteroatoms. The molecular formula is C48H53BrF2N14O. The summed E-state index contributed by atoms with van der Waals surface area (Å²) >= 11 is 3.22. The monoisotopic (exact) mass is 958 g/mol. The van der Waals surface area contributed by atoms with Gasteiger partial charge >= 0.3 is 0 Å². The molecular weight excluding hydrogens is 907 g/mol. The summed E-state index contributed by atoms with van der Waals surface area (Å²) < 4.78 is 36.3. The van der Waals surface area contributed by atoms with E-state index in [1.165, 1.54) is 25.0 Å². The number of nitrogens with zero attached hydrogens (tertiary/aromatic N) is 12. The van der Waals surface area contributed by atoms with E-state index in [1.807, 2.05) is 70.5 Å². The largest absolute Gasteiger partial charge is 0.384 e. The fourth-order valence-corrected chi connectivity index (χ4v) is 7.47. The number of carbonyl (C=O) groups is 1. The molecule has 0 saturated heterocycles. The zero-order valence-electron chi connectivity index (χ0n) is 36.9. The van der Waals surface area contributed by atoms with Gasteiger partial charge < -0.3 is 29.3 Å². The Morgan fingerprint density at radius 3 is 1.73 bits per heavy atom. The first-order valence-electron chi connectivity index (χ1n) is 21.4. The molecule has 342 valence electrons. The summed E-state index contributed by atoms with van der Waals surface area (Å²) in [7, 11) is 0. The van der Waals surface area contributed by atoms with Crippen LogP contribution in [0.2, 0.25) is 0 Å². The molecule has 15 nitrogen and oxygen atoms in total. The number of pyridine rings is 2. The summed E-state index contributed by atoms with van der Waals surface area (Å²) in [5.41, 5.74) is 12.4. The van der Waals surface area contributed by atoms with Gasteiger partial charge in [0.25, 0.3) is 5.91 Å². The maximum absolute atomic E-state index is 14.8. The molecule has 1 amide bonds. The minimum Gasteiger partial charge on any atom is -0.384 e. The van der Waals surface area contributed by atoms with Crippen LogP contribution in [0, 0.1) is 25.5 Å². The van der Waals surface area contributed by atoms with Gasteiger partial charge in [-0.2, -0.15) is 0 Å². The van der Waals surface area contributed by atoms with Gasteiger partial charge in [0, 0.05) is 36.3 Å². The van der Waals surface area contributed by atoms with Crippen LogP contribution in [0.15, 0.2) is 103 Å². The summed E-state index contributed by atoms with van der Waals surface area (Å²) in [4.78, 5) is 30.5. The normalized spacial score (nSPS) is 13.1. The van der Waals surface area contributed by atoms with Gasteiger partial charge in [-0.05, 0) is 143 Å².